The van der Waals surface area contributed by atoms with Gasteiger partial charge in [-0.1, -0.05) is 0 Å². The SMILES string of the molecule is O=C([O-])[C@H](O)[C@@H](O)C(=O)[O-].[Mn+2]. The third kappa shape index (κ3) is 3.94. The van der Waals surface area contributed by atoms with E-state index in [0.29, 0.717) is 0 Å². The van der Waals surface area contributed by atoms with Crippen LogP contribution in [0.2, 0.25) is 0 Å². The normalized spacial score (nSPS) is 14.4. The van der Waals surface area contributed by atoms with Gasteiger partial charge in [0.2, 0.25) is 0 Å². The number of aliphatic hydroxyl groups is 2. The second kappa shape index (κ2) is 5.09. The van der Waals surface area contributed by atoms with Crippen LogP contribution in [0.15, 0.2) is 0 Å². The molecule has 1 radical (unpaired) electrons. The Kier molecular flexibility index (Phi) is 6.01. The minimum Gasteiger partial charge on any atom is -0.547 e. The Labute approximate surface area is 71.9 Å². The number of carboxylic acid groups (broad SMARTS) is 2. The topological polar surface area (TPSA) is 121 Å². The van der Waals surface area contributed by atoms with Crippen molar-refractivity contribution in [2.75, 3.05) is 0 Å². The zero-order valence-corrected chi connectivity index (χ0v) is 6.24. The predicted octanol–water partition coefficient (Wildman–Crippen LogP) is -4.79. The Morgan fingerprint density at radius 1 is 1.00 bits per heavy atom. The summed E-state index contributed by atoms with van der Waals surface area (Å²) in [6.07, 6.45) is -4.88. The van der Waals surface area contributed by atoms with Gasteiger partial charge < -0.3 is 30.0 Å². The maximum absolute atomic E-state index is 9.63. The molecule has 0 saturated carbocycles. The van der Waals surface area contributed by atoms with E-state index in [0.717, 1.165) is 0 Å². The molecule has 6 nitrogen and oxygen atoms in total. The largest absolute Gasteiger partial charge is 2.00 e. The minimum atomic E-state index is -2.44. The standard InChI is InChI=1S/C4H6O6.Mn/c5-1(3(7)8)2(6)4(9)10;/h1-2,5-6H,(H,7,8)(H,9,10);/q;+2/p-2/t1-,2-;/m1./s1. The van der Waals surface area contributed by atoms with Crippen molar-refractivity contribution in [3.8, 4) is 0 Å². The van der Waals surface area contributed by atoms with E-state index in [4.69, 9.17) is 10.2 Å². The second-order valence-electron chi connectivity index (χ2n) is 1.53. The monoisotopic (exact) mass is 203 g/mol. The summed E-state index contributed by atoms with van der Waals surface area (Å²) >= 11 is 0. The Hall–Kier alpha value is -0.621. The van der Waals surface area contributed by atoms with Crippen LogP contribution >= 0.6 is 0 Å². The molecule has 0 aliphatic rings. The van der Waals surface area contributed by atoms with Gasteiger partial charge in [-0.2, -0.15) is 0 Å². The maximum Gasteiger partial charge on any atom is 2.00 e. The summed E-state index contributed by atoms with van der Waals surface area (Å²) in [6, 6.07) is 0. The van der Waals surface area contributed by atoms with Gasteiger partial charge >= 0.3 is 17.1 Å². The molecule has 2 N–H and O–H groups in total. The average Bonchev–Trinajstić information content (AvgIpc) is 1.84. The van der Waals surface area contributed by atoms with Gasteiger partial charge in [-0.05, 0) is 0 Å². The molecule has 0 aliphatic carbocycles. The molecule has 0 aromatic carbocycles. The molecule has 2 atom stereocenters. The molecule has 0 saturated heterocycles. The minimum absolute atomic E-state index is 0. The summed E-state index contributed by atoms with van der Waals surface area (Å²) in [5.74, 6) is -4.12. The number of hydrogen-bond donors (Lipinski definition) is 2. The molecule has 0 bridgehead atoms. The van der Waals surface area contributed by atoms with Crippen LogP contribution in [0.25, 0.3) is 0 Å². The fraction of sp³-hybridized carbons (Fsp3) is 0.500. The van der Waals surface area contributed by atoms with Gasteiger partial charge in [-0.25, -0.2) is 0 Å². The Morgan fingerprint density at radius 3 is 1.27 bits per heavy atom. The average molecular weight is 203 g/mol. The molecule has 7 heteroatoms. The van der Waals surface area contributed by atoms with Gasteiger partial charge in [0.05, 0.1) is 11.9 Å². The Balaban J connectivity index is 0. The summed E-state index contributed by atoms with van der Waals surface area (Å²) in [5.41, 5.74) is 0. The van der Waals surface area contributed by atoms with Crippen molar-refractivity contribution < 1.29 is 47.1 Å². The van der Waals surface area contributed by atoms with E-state index in [1.54, 1.807) is 0 Å². The summed E-state index contributed by atoms with van der Waals surface area (Å²) < 4.78 is 0. The summed E-state index contributed by atoms with van der Waals surface area (Å²) in [4.78, 5) is 19.3. The molecule has 0 amide bonds. The van der Waals surface area contributed by atoms with E-state index in [2.05, 4.69) is 0 Å². The molecule has 0 aromatic heterocycles. The van der Waals surface area contributed by atoms with Crippen molar-refractivity contribution in [3.05, 3.63) is 0 Å². The van der Waals surface area contributed by atoms with E-state index >= 15 is 0 Å². The van der Waals surface area contributed by atoms with Crippen LogP contribution < -0.4 is 10.2 Å². The van der Waals surface area contributed by atoms with Crippen LogP contribution in [0.4, 0.5) is 0 Å². The van der Waals surface area contributed by atoms with Crippen molar-refractivity contribution in [2.24, 2.45) is 0 Å². The van der Waals surface area contributed by atoms with Crippen molar-refractivity contribution in [3.63, 3.8) is 0 Å². The second-order valence-corrected chi connectivity index (χ2v) is 1.53. The number of carbonyl (C=O) groups excluding carboxylic acids is 2. The number of aliphatic carboxylic acids is 2. The van der Waals surface area contributed by atoms with E-state index in [9.17, 15) is 19.8 Å². The number of carbonyl (C=O) groups is 2. The summed E-state index contributed by atoms with van der Waals surface area (Å²) in [6.45, 7) is 0. The Bertz CT molecular complexity index is 139. The number of hydrogen-bond acceptors (Lipinski definition) is 6. The van der Waals surface area contributed by atoms with Gasteiger partial charge in [0, 0.05) is 0 Å². The molecule has 63 valence electrons. The van der Waals surface area contributed by atoms with Crippen LogP contribution in [-0.2, 0) is 26.7 Å². The van der Waals surface area contributed by atoms with Crippen LogP contribution in [0.1, 0.15) is 0 Å². The molecular formula is C4H4MnO6. The first kappa shape index (κ1) is 13.0. The van der Waals surface area contributed by atoms with Gasteiger partial charge in [0.1, 0.15) is 12.2 Å². The summed E-state index contributed by atoms with van der Waals surface area (Å²) in [5, 5.41) is 35.7. The first-order valence-electron chi connectivity index (χ1n) is 2.24. The van der Waals surface area contributed by atoms with Crippen LogP contribution in [0.3, 0.4) is 0 Å². The van der Waals surface area contributed by atoms with E-state index < -0.39 is 24.1 Å². The molecule has 0 aromatic rings. The Morgan fingerprint density at radius 2 is 1.18 bits per heavy atom. The molecule has 0 unspecified atom stereocenters. The van der Waals surface area contributed by atoms with E-state index in [1.807, 2.05) is 0 Å². The van der Waals surface area contributed by atoms with Gasteiger partial charge in [0.25, 0.3) is 0 Å². The van der Waals surface area contributed by atoms with E-state index in [-0.39, 0.29) is 17.1 Å². The zero-order valence-electron chi connectivity index (χ0n) is 5.06. The number of rotatable bonds is 3. The predicted molar refractivity (Wildman–Crippen MR) is 22.0 cm³/mol. The smallest absolute Gasteiger partial charge is 0.547 e. The van der Waals surface area contributed by atoms with Crippen LogP contribution in [-0.4, -0.2) is 34.4 Å². The van der Waals surface area contributed by atoms with Crippen LogP contribution in [0.5, 0.6) is 0 Å². The maximum atomic E-state index is 9.63. The van der Waals surface area contributed by atoms with Crippen molar-refractivity contribution >= 4 is 11.9 Å². The number of aliphatic hydroxyl groups excluding tert-OH is 2. The van der Waals surface area contributed by atoms with E-state index in [1.165, 1.54) is 0 Å². The van der Waals surface area contributed by atoms with Crippen molar-refractivity contribution in [1.82, 2.24) is 0 Å². The first-order chi connectivity index (χ1) is 4.46. The zero-order chi connectivity index (χ0) is 8.31. The molecule has 0 fully saturated rings. The molecule has 0 rings (SSSR count). The summed E-state index contributed by atoms with van der Waals surface area (Å²) in [7, 11) is 0. The fourth-order valence-electron chi connectivity index (χ4n) is 0.258. The van der Waals surface area contributed by atoms with Gasteiger partial charge in [-0.3, -0.25) is 0 Å². The molecular weight excluding hydrogens is 199 g/mol. The quantitative estimate of drug-likeness (QED) is 0.444. The van der Waals surface area contributed by atoms with Crippen LogP contribution in [0, 0.1) is 0 Å². The van der Waals surface area contributed by atoms with Crippen molar-refractivity contribution in [1.29, 1.82) is 0 Å². The molecule has 0 aliphatic heterocycles. The fourth-order valence-corrected chi connectivity index (χ4v) is 0.258. The number of carboxylic acids is 2. The third-order valence-electron chi connectivity index (χ3n) is 0.782. The molecule has 0 heterocycles. The van der Waals surface area contributed by atoms with Gasteiger partial charge in [0.15, 0.2) is 0 Å². The molecule has 0 spiro atoms. The van der Waals surface area contributed by atoms with Gasteiger partial charge in [-0.15, -0.1) is 0 Å². The first-order valence-corrected chi connectivity index (χ1v) is 2.24. The van der Waals surface area contributed by atoms with Crippen molar-refractivity contribution in [2.45, 2.75) is 12.2 Å². The third-order valence-corrected chi connectivity index (χ3v) is 0.782. The molecule has 11 heavy (non-hydrogen) atoms.